The van der Waals surface area contributed by atoms with E-state index in [1.54, 1.807) is 0 Å². The molecule has 0 aliphatic rings. The van der Waals surface area contributed by atoms with Crippen molar-refractivity contribution in [1.29, 1.82) is 0 Å². The predicted molar refractivity (Wildman–Crippen MR) is 330 cm³/mol. The highest BCUT2D eigenvalue weighted by molar-refractivity contribution is 7.45. The van der Waals surface area contributed by atoms with Crippen molar-refractivity contribution in [3.63, 3.8) is 0 Å². The lowest BCUT2D eigenvalue weighted by Crippen LogP contribution is -2.47. The van der Waals surface area contributed by atoms with Gasteiger partial charge in [0.2, 0.25) is 5.91 Å². The molecule has 3 atom stereocenters. The fourth-order valence-electron chi connectivity index (χ4n) is 9.39. The molecule has 1 amide bonds. The summed E-state index contributed by atoms with van der Waals surface area (Å²) in [6, 6.07) is -0.889. The third-order valence-electron chi connectivity index (χ3n) is 14.5. The van der Waals surface area contributed by atoms with Crippen LogP contribution in [0, 0.1) is 0 Å². The first-order chi connectivity index (χ1) is 37.4. The number of quaternary nitrogens is 1. The van der Waals surface area contributed by atoms with E-state index in [1.165, 1.54) is 180 Å². The number of likely N-dealkylation sites (N-methyl/N-ethyl adjacent to an activating group) is 1. The van der Waals surface area contributed by atoms with Crippen LogP contribution in [0.5, 0.6) is 0 Å². The van der Waals surface area contributed by atoms with Crippen molar-refractivity contribution >= 4 is 19.7 Å². The molecule has 10 heteroatoms. The summed E-state index contributed by atoms with van der Waals surface area (Å²) in [7, 11) is 1.19. The third-order valence-corrected chi connectivity index (χ3v) is 15.4. The summed E-state index contributed by atoms with van der Waals surface area (Å²) in [5.41, 5.74) is 0. The van der Waals surface area contributed by atoms with E-state index in [1.807, 2.05) is 33.3 Å². The number of esters is 1. The number of carbonyl (C=O) groups excluding carboxylic acids is 2. The van der Waals surface area contributed by atoms with Crippen LogP contribution in [0.1, 0.15) is 303 Å². The van der Waals surface area contributed by atoms with Crippen molar-refractivity contribution < 1.29 is 37.3 Å². The quantitative estimate of drug-likeness (QED) is 0.0212. The number of amides is 1. The molecule has 77 heavy (non-hydrogen) atoms. The van der Waals surface area contributed by atoms with Crippen LogP contribution in [-0.4, -0.2) is 69.4 Å². The molecule has 0 radical (unpaired) electrons. The van der Waals surface area contributed by atoms with Crippen LogP contribution < -0.4 is 10.2 Å². The molecule has 0 saturated carbocycles. The molecule has 0 aliphatic carbocycles. The number of nitrogens with one attached hydrogen (secondary N) is 1. The highest BCUT2D eigenvalue weighted by Crippen LogP contribution is 2.38. The minimum Gasteiger partial charge on any atom is -0.756 e. The first-order valence-corrected chi connectivity index (χ1v) is 34.1. The SMILES string of the molecule is CCCCC/C=C\C/C=C\C/C=C\C/C=C\CCCCCCCCCCCC(=O)OC(/C=C\CCCCCCCCCCCC)C(COP(=O)([O-])OCC[N+](C)(C)C)NC(=O)CCCCCCCCCCCCCCCC. The van der Waals surface area contributed by atoms with Crippen LogP contribution in [0.2, 0.25) is 0 Å². The van der Waals surface area contributed by atoms with E-state index in [4.69, 9.17) is 13.8 Å². The Kier molecular flexibility index (Phi) is 55.3. The summed E-state index contributed by atoms with van der Waals surface area (Å²) in [5, 5.41) is 3.03. The van der Waals surface area contributed by atoms with Crippen LogP contribution in [-0.2, 0) is 27.9 Å². The summed E-state index contributed by atoms with van der Waals surface area (Å²) in [6.45, 7) is 6.83. The average Bonchev–Trinajstić information content (AvgIpc) is 3.39. The summed E-state index contributed by atoms with van der Waals surface area (Å²) < 4.78 is 30.3. The Hall–Kier alpha value is -2.29. The van der Waals surface area contributed by atoms with Gasteiger partial charge >= 0.3 is 5.97 Å². The molecule has 0 bridgehead atoms. The lowest BCUT2D eigenvalue weighted by atomic mass is 10.0. The number of rotatable bonds is 59. The Balaban J connectivity index is 5.13. The largest absolute Gasteiger partial charge is 0.756 e. The molecule has 0 aromatic carbocycles. The highest BCUT2D eigenvalue weighted by atomic mass is 31.2. The number of phosphoric ester groups is 1. The maximum absolute atomic E-state index is 13.5. The molecule has 0 saturated heterocycles. The number of unbranched alkanes of at least 4 members (excludes halogenated alkanes) is 35. The van der Waals surface area contributed by atoms with Gasteiger partial charge in [-0.25, -0.2) is 0 Å². The van der Waals surface area contributed by atoms with Gasteiger partial charge < -0.3 is 28.5 Å². The number of phosphoric acid groups is 1. The van der Waals surface area contributed by atoms with Gasteiger partial charge in [0.1, 0.15) is 19.3 Å². The van der Waals surface area contributed by atoms with Gasteiger partial charge in [-0.1, -0.05) is 275 Å². The number of hydrogen-bond donors (Lipinski definition) is 1. The molecule has 0 spiro atoms. The van der Waals surface area contributed by atoms with Crippen molar-refractivity contribution in [3.8, 4) is 0 Å². The van der Waals surface area contributed by atoms with Crippen molar-refractivity contribution in [2.75, 3.05) is 40.9 Å². The van der Waals surface area contributed by atoms with Crippen molar-refractivity contribution in [3.05, 3.63) is 60.8 Å². The molecule has 450 valence electrons. The van der Waals surface area contributed by atoms with Gasteiger partial charge in [0, 0.05) is 12.8 Å². The van der Waals surface area contributed by atoms with Crippen LogP contribution in [0.4, 0.5) is 0 Å². The number of allylic oxidation sites excluding steroid dienone is 9. The van der Waals surface area contributed by atoms with E-state index in [2.05, 4.69) is 74.7 Å². The fourth-order valence-corrected chi connectivity index (χ4v) is 10.1. The molecule has 0 rings (SSSR count). The summed E-state index contributed by atoms with van der Waals surface area (Å²) in [4.78, 5) is 40.0. The van der Waals surface area contributed by atoms with Crippen LogP contribution >= 0.6 is 7.82 Å². The van der Waals surface area contributed by atoms with Crippen LogP contribution in [0.15, 0.2) is 60.8 Å². The zero-order valence-corrected chi connectivity index (χ0v) is 52.3. The molecule has 1 N–H and O–H groups in total. The lowest BCUT2D eigenvalue weighted by Gasteiger charge is -2.30. The van der Waals surface area contributed by atoms with E-state index in [-0.39, 0.29) is 31.5 Å². The van der Waals surface area contributed by atoms with Gasteiger partial charge in [0.15, 0.2) is 0 Å². The molecule has 3 unspecified atom stereocenters. The second-order valence-corrected chi connectivity index (χ2v) is 24.7. The Bertz CT molecular complexity index is 1500. The molecule has 0 aliphatic heterocycles. The fraction of sp³-hybridized carbons (Fsp3) is 0.821. The summed E-state index contributed by atoms with van der Waals surface area (Å²) in [6.07, 6.45) is 71.8. The Labute approximate surface area is 477 Å². The lowest BCUT2D eigenvalue weighted by molar-refractivity contribution is -0.870. The first-order valence-electron chi connectivity index (χ1n) is 32.6. The Morgan fingerprint density at radius 2 is 0.792 bits per heavy atom. The van der Waals surface area contributed by atoms with E-state index in [0.717, 1.165) is 89.9 Å². The monoisotopic (exact) mass is 1100 g/mol. The smallest absolute Gasteiger partial charge is 0.306 e. The number of carbonyl (C=O) groups is 2. The highest BCUT2D eigenvalue weighted by Gasteiger charge is 2.27. The number of hydrogen-bond acceptors (Lipinski definition) is 7. The molecule has 0 aromatic heterocycles. The van der Waals surface area contributed by atoms with Crippen LogP contribution in [0.3, 0.4) is 0 Å². The van der Waals surface area contributed by atoms with Crippen LogP contribution in [0.25, 0.3) is 0 Å². The van der Waals surface area contributed by atoms with E-state index < -0.39 is 20.0 Å². The maximum atomic E-state index is 13.5. The Morgan fingerprint density at radius 1 is 0.455 bits per heavy atom. The third kappa shape index (κ3) is 58.2. The predicted octanol–water partition coefficient (Wildman–Crippen LogP) is 19.6. The zero-order valence-electron chi connectivity index (χ0n) is 51.4. The molecule has 0 aromatic rings. The summed E-state index contributed by atoms with van der Waals surface area (Å²) >= 11 is 0. The minimum absolute atomic E-state index is 0.0229. The van der Waals surface area contributed by atoms with E-state index in [9.17, 15) is 19.0 Å². The standard InChI is InChI=1S/C67H125N2O7P/c1-7-10-13-16-19-22-25-28-30-31-32-33-34-35-36-37-38-39-40-42-45-48-51-54-57-60-67(71)76-65(58-55-52-49-46-43-27-24-21-18-15-12-9-3)64(63-75-77(72,73)74-62-61-69(4,5)6)68-66(70)59-56-53-50-47-44-41-29-26-23-20-17-14-11-8-2/h19,22,28,30,32-33,35-36,55,58,64-65H,7-18,20-21,23-27,29,31,34,37-54,56-57,59-63H2,1-6H3,(H-,68,70,72,73)/b22-19-,30-28-,33-32-,36-35-,58-55-. The van der Waals surface area contributed by atoms with Gasteiger partial charge in [-0.2, -0.15) is 0 Å². The van der Waals surface area contributed by atoms with Crippen molar-refractivity contribution in [2.45, 2.75) is 315 Å². The normalized spacial score (nSPS) is 14.0. The minimum atomic E-state index is -4.70. The second-order valence-electron chi connectivity index (χ2n) is 23.3. The zero-order chi connectivity index (χ0) is 56.4. The second kappa shape index (κ2) is 57.0. The molecule has 0 heterocycles. The Morgan fingerprint density at radius 3 is 1.21 bits per heavy atom. The van der Waals surface area contributed by atoms with Gasteiger partial charge in [-0.05, 0) is 76.7 Å². The summed E-state index contributed by atoms with van der Waals surface area (Å²) in [5.74, 6) is -0.539. The van der Waals surface area contributed by atoms with Gasteiger partial charge in [-0.3, -0.25) is 14.2 Å². The molecular formula is C67H125N2O7P. The van der Waals surface area contributed by atoms with Gasteiger partial charge in [0.25, 0.3) is 7.82 Å². The number of ether oxygens (including phenoxy) is 1. The maximum Gasteiger partial charge on any atom is 0.306 e. The number of nitrogens with zero attached hydrogens (tertiary/aromatic N) is 1. The topological polar surface area (TPSA) is 114 Å². The molecule has 0 fully saturated rings. The first kappa shape index (κ1) is 74.7. The van der Waals surface area contributed by atoms with Crippen molar-refractivity contribution in [1.82, 2.24) is 5.32 Å². The van der Waals surface area contributed by atoms with E-state index >= 15 is 0 Å². The van der Waals surface area contributed by atoms with Gasteiger partial charge in [0.05, 0.1) is 33.8 Å². The molecular weight excluding hydrogens is 976 g/mol. The average molecular weight is 1100 g/mol. The molecule has 9 nitrogen and oxygen atoms in total. The van der Waals surface area contributed by atoms with E-state index in [0.29, 0.717) is 17.4 Å². The van der Waals surface area contributed by atoms with Crippen molar-refractivity contribution in [2.24, 2.45) is 0 Å². The van der Waals surface area contributed by atoms with Gasteiger partial charge in [-0.15, -0.1) is 0 Å².